The van der Waals surface area contributed by atoms with Crippen molar-refractivity contribution in [3.05, 3.63) is 77.5 Å². The summed E-state index contributed by atoms with van der Waals surface area (Å²) in [5, 5.41) is 24.7. The second-order valence-corrected chi connectivity index (χ2v) is 5.54. The van der Waals surface area contributed by atoms with Crippen molar-refractivity contribution in [1.29, 1.82) is 5.26 Å². The number of hydrogen-bond acceptors (Lipinski definition) is 4. The Bertz CT molecular complexity index is 978. The topological polar surface area (TPSA) is 81.7 Å². The van der Waals surface area contributed by atoms with Crippen molar-refractivity contribution < 1.29 is 9.90 Å². The second kappa shape index (κ2) is 6.85. The number of carboxylic acid groups (broad SMARTS) is 1. The van der Waals surface area contributed by atoms with Crippen molar-refractivity contribution in [2.24, 2.45) is 0 Å². The lowest BCUT2D eigenvalue weighted by Crippen LogP contribution is -2.23. The Balaban J connectivity index is 2.18. The second-order valence-electron chi connectivity index (χ2n) is 5.54. The molecule has 0 amide bonds. The number of carbonyl (C=O) groups is 1. The van der Waals surface area contributed by atoms with Gasteiger partial charge in [-0.25, -0.2) is 4.68 Å². The average Bonchev–Trinajstić information content (AvgIpc) is 3.04. The van der Waals surface area contributed by atoms with Crippen molar-refractivity contribution in [3.63, 3.8) is 0 Å². The Morgan fingerprint density at radius 2 is 1.84 bits per heavy atom. The van der Waals surface area contributed by atoms with Gasteiger partial charge in [0.2, 0.25) is 0 Å². The Labute approximate surface area is 145 Å². The summed E-state index contributed by atoms with van der Waals surface area (Å²) in [7, 11) is 0. The highest BCUT2D eigenvalue weighted by Crippen LogP contribution is 2.26. The first kappa shape index (κ1) is 16.2. The summed E-state index contributed by atoms with van der Waals surface area (Å²) in [4.78, 5) is 11.1. The fourth-order valence-electron chi connectivity index (χ4n) is 2.43. The van der Waals surface area contributed by atoms with Crippen LogP contribution in [0.5, 0.6) is 0 Å². The van der Waals surface area contributed by atoms with Gasteiger partial charge < -0.3 is 9.90 Å². The third kappa shape index (κ3) is 3.48. The van der Waals surface area contributed by atoms with Crippen LogP contribution in [0.15, 0.2) is 66.4 Å². The van der Waals surface area contributed by atoms with Gasteiger partial charge in [-0.2, -0.15) is 10.4 Å². The van der Waals surface area contributed by atoms with E-state index >= 15 is 0 Å². The average molecular weight is 328 g/mol. The molecule has 122 valence electrons. The van der Waals surface area contributed by atoms with E-state index in [2.05, 4.69) is 5.10 Å². The molecule has 0 aliphatic heterocycles. The number of para-hydroxylation sites is 1. The van der Waals surface area contributed by atoms with Gasteiger partial charge in [0.15, 0.2) is 0 Å². The van der Waals surface area contributed by atoms with Gasteiger partial charge in [0.05, 0.1) is 22.9 Å². The van der Waals surface area contributed by atoms with Crippen LogP contribution < -0.4 is 5.11 Å². The first-order valence-corrected chi connectivity index (χ1v) is 7.64. The molecule has 0 spiro atoms. The largest absolute Gasteiger partial charge is 0.544 e. The van der Waals surface area contributed by atoms with Crippen molar-refractivity contribution in [2.45, 2.75) is 6.92 Å². The number of aliphatic carboxylic acids is 1. The minimum atomic E-state index is -1.51. The van der Waals surface area contributed by atoms with E-state index in [0.29, 0.717) is 11.3 Å². The summed E-state index contributed by atoms with van der Waals surface area (Å²) in [6.45, 7) is 1.98. The van der Waals surface area contributed by atoms with Crippen LogP contribution in [0.4, 0.5) is 0 Å². The lowest BCUT2D eigenvalue weighted by molar-refractivity contribution is -0.298. The highest BCUT2D eigenvalue weighted by atomic mass is 16.4. The van der Waals surface area contributed by atoms with Gasteiger partial charge in [-0.15, -0.1) is 0 Å². The first-order chi connectivity index (χ1) is 12.1. The SMILES string of the molecule is Cc1ccc(-c2nn(-c3ccccc3)cc2/C=C(\C#N)C(=O)[O-])cc1. The predicted molar refractivity (Wildman–Crippen MR) is 92.3 cm³/mol. The van der Waals surface area contributed by atoms with E-state index in [1.54, 1.807) is 16.9 Å². The number of hydrogen-bond donors (Lipinski definition) is 0. The zero-order valence-electron chi connectivity index (χ0n) is 13.5. The number of aromatic nitrogens is 2. The summed E-state index contributed by atoms with van der Waals surface area (Å²) >= 11 is 0. The minimum Gasteiger partial charge on any atom is -0.544 e. The number of nitriles is 1. The lowest BCUT2D eigenvalue weighted by Gasteiger charge is -2.02. The summed E-state index contributed by atoms with van der Waals surface area (Å²) in [5.41, 5.74) is 3.47. The number of benzene rings is 2. The van der Waals surface area contributed by atoms with Gasteiger partial charge in [-0.1, -0.05) is 48.0 Å². The Morgan fingerprint density at radius 1 is 1.16 bits per heavy atom. The smallest absolute Gasteiger partial charge is 0.101 e. The summed E-state index contributed by atoms with van der Waals surface area (Å²) in [6, 6.07) is 18.8. The molecular formula is C20H14N3O2-. The summed E-state index contributed by atoms with van der Waals surface area (Å²) in [5.74, 6) is -1.51. The van der Waals surface area contributed by atoms with Gasteiger partial charge in [0, 0.05) is 17.3 Å². The van der Waals surface area contributed by atoms with Crippen LogP contribution in [0, 0.1) is 18.3 Å². The van der Waals surface area contributed by atoms with Crippen LogP contribution in [0.3, 0.4) is 0 Å². The van der Waals surface area contributed by atoms with E-state index in [9.17, 15) is 9.90 Å². The van der Waals surface area contributed by atoms with E-state index in [1.807, 2.05) is 61.5 Å². The molecule has 1 heterocycles. The quantitative estimate of drug-likeness (QED) is 0.544. The van der Waals surface area contributed by atoms with Gasteiger partial charge in [0.25, 0.3) is 0 Å². The number of carboxylic acids is 1. The molecule has 0 N–H and O–H groups in total. The maximum absolute atomic E-state index is 11.1. The standard InChI is InChI=1S/C20H15N3O2/c1-14-7-9-15(10-8-14)19-17(11-16(12-21)20(24)25)13-23(22-19)18-5-3-2-4-6-18/h2-11,13H,1H3,(H,24,25)/p-1/b16-11+. The zero-order chi connectivity index (χ0) is 17.8. The molecule has 0 unspecified atom stereocenters. The molecule has 0 saturated heterocycles. The van der Waals surface area contributed by atoms with Crippen LogP contribution >= 0.6 is 0 Å². The molecule has 0 aliphatic carbocycles. The van der Waals surface area contributed by atoms with E-state index in [4.69, 9.17) is 5.26 Å². The van der Waals surface area contributed by atoms with E-state index in [0.717, 1.165) is 16.8 Å². The van der Waals surface area contributed by atoms with Crippen molar-refractivity contribution in [2.75, 3.05) is 0 Å². The fourth-order valence-corrected chi connectivity index (χ4v) is 2.43. The van der Waals surface area contributed by atoms with Crippen molar-refractivity contribution in [3.8, 4) is 23.0 Å². The maximum atomic E-state index is 11.1. The Hall–Kier alpha value is -3.65. The van der Waals surface area contributed by atoms with Gasteiger partial charge in [0.1, 0.15) is 6.07 Å². The highest BCUT2D eigenvalue weighted by molar-refractivity contribution is 5.96. The number of aryl methyl sites for hydroxylation is 1. The first-order valence-electron chi connectivity index (χ1n) is 7.64. The molecule has 0 fully saturated rings. The van der Waals surface area contributed by atoms with E-state index in [1.165, 1.54) is 6.08 Å². The highest BCUT2D eigenvalue weighted by Gasteiger charge is 2.12. The van der Waals surface area contributed by atoms with Gasteiger partial charge >= 0.3 is 0 Å². The molecule has 3 rings (SSSR count). The number of rotatable bonds is 4. The maximum Gasteiger partial charge on any atom is 0.101 e. The molecule has 2 aromatic carbocycles. The number of nitrogens with zero attached hydrogens (tertiary/aromatic N) is 3. The van der Waals surface area contributed by atoms with E-state index < -0.39 is 11.5 Å². The normalized spacial score (nSPS) is 11.1. The van der Waals surface area contributed by atoms with Crippen molar-refractivity contribution >= 4 is 12.0 Å². The molecule has 3 aromatic rings. The monoisotopic (exact) mass is 328 g/mol. The molecule has 1 aromatic heterocycles. The molecule has 0 radical (unpaired) electrons. The summed E-state index contributed by atoms with van der Waals surface area (Å²) in [6.07, 6.45) is 2.99. The lowest BCUT2D eigenvalue weighted by atomic mass is 10.0. The Kier molecular flexibility index (Phi) is 4.44. The molecule has 0 saturated carbocycles. The fraction of sp³-hybridized carbons (Fsp3) is 0.0500. The molecule has 5 heteroatoms. The molecule has 0 bridgehead atoms. The van der Waals surface area contributed by atoms with Crippen LogP contribution in [0.1, 0.15) is 11.1 Å². The third-order valence-corrected chi connectivity index (χ3v) is 3.73. The molecule has 0 atom stereocenters. The van der Waals surface area contributed by atoms with Crippen LogP contribution in [-0.2, 0) is 4.79 Å². The van der Waals surface area contributed by atoms with Crippen LogP contribution in [0.25, 0.3) is 23.0 Å². The Morgan fingerprint density at radius 3 is 2.44 bits per heavy atom. The number of carbonyl (C=O) groups excluding carboxylic acids is 1. The van der Waals surface area contributed by atoms with Crippen molar-refractivity contribution in [1.82, 2.24) is 9.78 Å². The molecular weight excluding hydrogens is 314 g/mol. The molecule has 25 heavy (non-hydrogen) atoms. The van der Waals surface area contributed by atoms with Gasteiger partial charge in [-0.05, 0) is 25.1 Å². The van der Waals surface area contributed by atoms with Crippen LogP contribution in [-0.4, -0.2) is 15.7 Å². The minimum absolute atomic E-state index is 0.444. The molecule has 0 aliphatic rings. The molecule has 5 nitrogen and oxygen atoms in total. The van der Waals surface area contributed by atoms with Crippen LogP contribution in [0.2, 0.25) is 0 Å². The zero-order valence-corrected chi connectivity index (χ0v) is 13.5. The van der Waals surface area contributed by atoms with E-state index in [-0.39, 0.29) is 0 Å². The third-order valence-electron chi connectivity index (χ3n) is 3.73. The predicted octanol–water partition coefficient (Wildman–Crippen LogP) is 2.50. The van der Waals surface area contributed by atoms with Gasteiger partial charge in [-0.3, -0.25) is 0 Å². The summed E-state index contributed by atoms with van der Waals surface area (Å²) < 4.78 is 1.66.